The Kier molecular flexibility index (Phi) is 4.06. The van der Waals surface area contributed by atoms with E-state index in [4.69, 9.17) is 0 Å². The summed E-state index contributed by atoms with van der Waals surface area (Å²) in [5.74, 6) is 0.391. The second-order valence-corrected chi connectivity index (χ2v) is 7.75. The average molecular weight is 334 g/mol. The number of hydrogen-bond donors (Lipinski definition) is 1. The number of aromatic amines is 1. The van der Waals surface area contributed by atoms with E-state index in [2.05, 4.69) is 9.97 Å². The van der Waals surface area contributed by atoms with Crippen LogP contribution in [0.5, 0.6) is 0 Å². The van der Waals surface area contributed by atoms with E-state index in [1.807, 2.05) is 20.8 Å². The van der Waals surface area contributed by atoms with Crippen LogP contribution in [-0.2, 0) is 0 Å². The third-order valence-electron chi connectivity index (χ3n) is 3.57. The minimum absolute atomic E-state index is 0.0229. The molecule has 0 aliphatic rings. The van der Waals surface area contributed by atoms with Crippen LogP contribution in [0.15, 0.2) is 34.0 Å². The van der Waals surface area contributed by atoms with Gasteiger partial charge in [0.1, 0.15) is 16.5 Å². The van der Waals surface area contributed by atoms with Gasteiger partial charge in [0.05, 0.1) is 10.6 Å². The molecule has 1 unspecified atom stereocenters. The zero-order valence-electron chi connectivity index (χ0n) is 12.4. The van der Waals surface area contributed by atoms with Gasteiger partial charge >= 0.3 is 0 Å². The highest BCUT2D eigenvalue weighted by Gasteiger charge is 2.16. The summed E-state index contributed by atoms with van der Waals surface area (Å²) in [6, 6.07) is 6.32. The molecule has 22 heavy (non-hydrogen) atoms. The number of thioether (sulfide) groups is 1. The number of fused-ring (bicyclic) bond motifs is 1. The summed E-state index contributed by atoms with van der Waals surface area (Å²) in [5.41, 5.74) is 0.910. The van der Waals surface area contributed by atoms with Gasteiger partial charge in [0.25, 0.3) is 5.56 Å². The van der Waals surface area contributed by atoms with Crippen LogP contribution in [-0.4, -0.2) is 9.97 Å². The Bertz CT molecular complexity index is 884. The molecule has 0 bridgehead atoms. The second-order valence-electron chi connectivity index (χ2n) is 5.13. The van der Waals surface area contributed by atoms with Gasteiger partial charge in [0, 0.05) is 9.77 Å². The fourth-order valence-corrected chi connectivity index (χ4v) is 4.20. The van der Waals surface area contributed by atoms with Crippen LogP contribution >= 0.6 is 23.1 Å². The largest absolute Gasteiger partial charge is 0.309 e. The molecular formula is C16H15FN2OS2. The monoisotopic (exact) mass is 334 g/mol. The molecule has 0 aliphatic carbocycles. The topological polar surface area (TPSA) is 45.8 Å². The molecule has 3 nitrogen and oxygen atoms in total. The molecule has 1 aromatic carbocycles. The molecule has 1 N–H and O–H groups in total. The second kappa shape index (κ2) is 5.85. The third kappa shape index (κ3) is 2.80. The van der Waals surface area contributed by atoms with Gasteiger partial charge in [0.15, 0.2) is 0 Å². The zero-order chi connectivity index (χ0) is 15.9. The quantitative estimate of drug-likeness (QED) is 0.712. The zero-order valence-corrected chi connectivity index (χ0v) is 14.1. The van der Waals surface area contributed by atoms with E-state index < -0.39 is 0 Å². The van der Waals surface area contributed by atoms with Crippen LogP contribution in [0.2, 0.25) is 0 Å². The van der Waals surface area contributed by atoms with Crippen molar-refractivity contribution in [2.24, 2.45) is 0 Å². The lowest BCUT2D eigenvalue weighted by molar-refractivity contribution is 0.626. The van der Waals surface area contributed by atoms with Crippen molar-refractivity contribution in [2.45, 2.75) is 30.9 Å². The Morgan fingerprint density at radius 3 is 2.64 bits per heavy atom. The number of aryl methyl sites for hydroxylation is 2. The number of thiophene rings is 1. The summed E-state index contributed by atoms with van der Waals surface area (Å²) in [5, 5.41) is 0.663. The molecular weight excluding hydrogens is 319 g/mol. The van der Waals surface area contributed by atoms with Crippen molar-refractivity contribution in [2.75, 3.05) is 0 Å². The van der Waals surface area contributed by atoms with Crippen molar-refractivity contribution < 1.29 is 4.39 Å². The van der Waals surface area contributed by atoms with Gasteiger partial charge in [-0.15, -0.1) is 23.1 Å². The predicted molar refractivity (Wildman–Crippen MR) is 90.4 cm³/mol. The van der Waals surface area contributed by atoms with Crippen molar-refractivity contribution in [1.82, 2.24) is 9.97 Å². The molecule has 0 amide bonds. The lowest BCUT2D eigenvalue weighted by Gasteiger charge is -2.10. The number of halogens is 1. The molecule has 0 aliphatic heterocycles. The van der Waals surface area contributed by atoms with Gasteiger partial charge in [-0.05, 0) is 50.6 Å². The molecule has 0 saturated carbocycles. The Hall–Kier alpha value is -1.66. The van der Waals surface area contributed by atoms with Gasteiger partial charge < -0.3 is 4.98 Å². The first-order chi connectivity index (χ1) is 10.5. The van der Waals surface area contributed by atoms with E-state index in [1.54, 1.807) is 23.5 Å². The summed E-state index contributed by atoms with van der Waals surface area (Å²) in [7, 11) is 0. The van der Waals surface area contributed by atoms with E-state index in [9.17, 15) is 9.18 Å². The van der Waals surface area contributed by atoms with Crippen molar-refractivity contribution in [3.8, 4) is 0 Å². The van der Waals surface area contributed by atoms with Gasteiger partial charge in [0.2, 0.25) is 0 Å². The van der Waals surface area contributed by atoms with E-state index in [0.29, 0.717) is 11.2 Å². The van der Waals surface area contributed by atoms with Gasteiger partial charge in [-0.2, -0.15) is 0 Å². The van der Waals surface area contributed by atoms with E-state index >= 15 is 0 Å². The molecule has 0 radical (unpaired) electrons. The molecule has 3 rings (SSSR count). The highest BCUT2D eigenvalue weighted by molar-refractivity contribution is 7.99. The number of hydrogen-bond acceptors (Lipinski definition) is 4. The van der Waals surface area contributed by atoms with Crippen molar-refractivity contribution in [3.63, 3.8) is 0 Å². The predicted octanol–water partition coefficient (Wildman–Crippen LogP) is 4.59. The summed E-state index contributed by atoms with van der Waals surface area (Å²) < 4.78 is 12.9. The Labute approximate surface area is 135 Å². The molecule has 0 saturated heterocycles. The van der Waals surface area contributed by atoms with Crippen molar-refractivity contribution >= 4 is 33.3 Å². The molecule has 3 aromatic rings. The smallest absolute Gasteiger partial charge is 0.259 e. The highest BCUT2D eigenvalue weighted by Crippen LogP contribution is 2.34. The van der Waals surface area contributed by atoms with Crippen LogP contribution in [0, 0.1) is 19.7 Å². The summed E-state index contributed by atoms with van der Waals surface area (Å²) in [6.45, 7) is 5.92. The number of H-pyrrole nitrogens is 1. The van der Waals surface area contributed by atoms with Crippen LogP contribution in [0.25, 0.3) is 10.2 Å². The maximum atomic E-state index is 12.9. The van der Waals surface area contributed by atoms with Gasteiger partial charge in [-0.25, -0.2) is 9.37 Å². The van der Waals surface area contributed by atoms with Crippen molar-refractivity contribution in [1.29, 1.82) is 0 Å². The van der Waals surface area contributed by atoms with E-state index in [0.717, 1.165) is 20.2 Å². The minimum Gasteiger partial charge on any atom is -0.309 e. The van der Waals surface area contributed by atoms with Crippen LogP contribution in [0.3, 0.4) is 0 Å². The van der Waals surface area contributed by atoms with Gasteiger partial charge in [-0.1, -0.05) is 0 Å². The summed E-state index contributed by atoms with van der Waals surface area (Å²) in [4.78, 5) is 22.6. The lowest BCUT2D eigenvalue weighted by atomic mass is 10.2. The molecule has 2 heterocycles. The first-order valence-corrected chi connectivity index (χ1v) is 8.57. The number of rotatable bonds is 3. The number of nitrogens with one attached hydrogen (secondary N) is 1. The maximum Gasteiger partial charge on any atom is 0.259 e. The molecule has 1 atom stereocenters. The molecule has 0 fully saturated rings. The molecule has 114 valence electrons. The Morgan fingerprint density at radius 1 is 1.27 bits per heavy atom. The lowest BCUT2D eigenvalue weighted by Crippen LogP contribution is -2.12. The minimum atomic E-state index is -0.255. The SMILES string of the molecule is Cc1sc2nc(C(C)Sc3ccc(F)cc3)[nH]c(=O)c2c1C. The number of aromatic nitrogens is 2. The van der Waals surface area contributed by atoms with Crippen molar-refractivity contribution in [3.05, 3.63) is 56.7 Å². The van der Waals surface area contributed by atoms with Gasteiger partial charge in [-0.3, -0.25) is 4.79 Å². The van der Waals surface area contributed by atoms with E-state index in [-0.39, 0.29) is 16.6 Å². The van der Waals surface area contributed by atoms with E-state index in [1.165, 1.54) is 23.9 Å². The molecule has 2 aromatic heterocycles. The van der Waals surface area contributed by atoms with Crippen LogP contribution in [0.4, 0.5) is 4.39 Å². The Morgan fingerprint density at radius 2 is 1.95 bits per heavy atom. The first kappa shape index (κ1) is 15.2. The average Bonchev–Trinajstić information content (AvgIpc) is 2.77. The van der Waals surface area contributed by atoms with Crippen LogP contribution < -0.4 is 5.56 Å². The third-order valence-corrected chi connectivity index (χ3v) is 5.79. The number of benzene rings is 1. The normalized spacial score (nSPS) is 12.7. The molecule has 0 spiro atoms. The maximum absolute atomic E-state index is 12.9. The summed E-state index contributed by atoms with van der Waals surface area (Å²) >= 11 is 3.08. The fraction of sp³-hybridized carbons (Fsp3) is 0.250. The standard InChI is InChI=1S/C16H15FN2OS2/c1-8-9(2)22-16-13(8)15(20)18-14(19-16)10(3)21-12-6-4-11(17)5-7-12/h4-7,10H,1-3H3,(H,18,19,20). The Balaban J connectivity index is 1.95. The summed E-state index contributed by atoms with van der Waals surface area (Å²) in [6.07, 6.45) is 0. The number of nitrogens with zero attached hydrogens (tertiary/aromatic N) is 1. The van der Waals surface area contributed by atoms with Crippen LogP contribution in [0.1, 0.15) is 28.4 Å². The first-order valence-electron chi connectivity index (χ1n) is 6.88. The fourth-order valence-electron chi connectivity index (χ4n) is 2.24. The molecule has 6 heteroatoms. The highest BCUT2D eigenvalue weighted by atomic mass is 32.2.